The first-order valence-corrected chi connectivity index (χ1v) is 8.92. The average Bonchev–Trinajstić information content (AvgIpc) is 3.01. The number of amides is 1. The number of carbonyl (C=O) groups is 1. The number of hydrogen-bond donors (Lipinski definition) is 1. The molecule has 0 unspecified atom stereocenters. The Morgan fingerprint density at radius 2 is 1.75 bits per heavy atom. The molecule has 0 fully saturated rings. The van der Waals surface area contributed by atoms with Gasteiger partial charge in [-0.15, -0.1) is 11.3 Å². The topological polar surface area (TPSA) is 128 Å². The zero-order valence-electron chi connectivity index (χ0n) is 14.2. The molecule has 0 aliphatic rings. The number of halogens is 1. The van der Waals surface area contributed by atoms with Gasteiger partial charge in [-0.3, -0.25) is 30.3 Å². The third-order valence-corrected chi connectivity index (χ3v) is 4.82. The molecule has 28 heavy (non-hydrogen) atoms. The highest BCUT2D eigenvalue weighted by Crippen LogP contribution is 2.32. The maximum absolute atomic E-state index is 12.5. The van der Waals surface area contributed by atoms with Gasteiger partial charge in [0.1, 0.15) is 0 Å². The molecule has 0 aliphatic heterocycles. The SMILES string of the molecule is Cc1sc(NC(=O)c2cc([N+](=O)[O-])cc([N+](=O)[O-])c2)nc1-c1cccc(Cl)c1. The molecule has 11 heteroatoms. The van der Waals surface area contributed by atoms with Crippen molar-refractivity contribution in [1.29, 1.82) is 0 Å². The molecule has 3 rings (SSSR count). The van der Waals surface area contributed by atoms with Gasteiger partial charge in [-0.25, -0.2) is 4.98 Å². The van der Waals surface area contributed by atoms with Gasteiger partial charge in [0.15, 0.2) is 5.13 Å². The van der Waals surface area contributed by atoms with E-state index in [0.717, 1.165) is 28.6 Å². The van der Waals surface area contributed by atoms with Crippen molar-refractivity contribution in [1.82, 2.24) is 4.98 Å². The number of aryl methyl sites for hydroxylation is 1. The third kappa shape index (κ3) is 4.13. The van der Waals surface area contributed by atoms with Gasteiger partial charge in [0.05, 0.1) is 27.2 Å². The van der Waals surface area contributed by atoms with Crippen LogP contribution < -0.4 is 5.32 Å². The summed E-state index contributed by atoms with van der Waals surface area (Å²) in [5, 5.41) is 25.3. The Bertz CT molecular complexity index is 1080. The van der Waals surface area contributed by atoms with Gasteiger partial charge in [-0.05, 0) is 19.1 Å². The Morgan fingerprint density at radius 3 is 2.32 bits per heavy atom. The minimum atomic E-state index is -0.797. The summed E-state index contributed by atoms with van der Waals surface area (Å²) in [6.45, 7) is 1.82. The first kappa shape index (κ1) is 19.4. The van der Waals surface area contributed by atoms with Crippen LogP contribution in [0, 0.1) is 27.2 Å². The number of aromatic nitrogens is 1. The lowest BCUT2D eigenvalue weighted by atomic mass is 10.1. The van der Waals surface area contributed by atoms with Crippen molar-refractivity contribution in [3.05, 3.63) is 78.2 Å². The van der Waals surface area contributed by atoms with Crippen LogP contribution in [-0.2, 0) is 0 Å². The highest BCUT2D eigenvalue weighted by molar-refractivity contribution is 7.16. The van der Waals surface area contributed by atoms with Crippen molar-refractivity contribution in [2.75, 3.05) is 5.32 Å². The molecule has 0 radical (unpaired) electrons. The van der Waals surface area contributed by atoms with Crippen molar-refractivity contribution in [2.45, 2.75) is 6.92 Å². The van der Waals surface area contributed by atoms with E-state index in [2.05, 4.69) is 10.3 Å². The molecule has 0 saturated carbocycles. The Balaban J connectivity index is 1.91. The van der Waals surface area contributed by atoms with Crippen LogP contribution in [0.1, 0.15) is 15.2 Å². The lowest BCUT2D eigenvalue weighted by Crippen LogP contribution is -2.12. The van der Waals surface area contributed by atoms with E-state index in [0.29, 0.717) is 10.7 Å². The molecule has 1 amide bonds. The number of hydrogen-bond acceptors (Lipinski definition) is 7. The monoisotopic (exact) mass is 418 g/mol. The summed E-state index contributed by atoms with van der Waals surface area (Å²) in [7, 11) is 0. The minimum absolute atomic E-state index is 0.210. The van der Waals surface area contributed by atoms with Gasteiger partial charge < -0.3 is 0 Å². The van der Waals surface area contributed by atoms with Crippen LogP contribution in [0.25, 0.3) is 11.3 Å². The number of nitro benzene ring substituents is 2. The molecule has 0 saturated heterocycles. The van der Waals surface area contributed by atoms with Crippen LogP contribution in [-0.4, -0.2) is 20.7 Å². The average molecular weight is 419 g/mol. The van der Waals surface area contributed by atoms with E-state index in [9.17, 15) is 25.0 Å². The van der Waals surface area contributed by atoms with E-state index >= 15 is 0 Å². The van der Waals surface area contributed by atoms with Gasteiger partial charge in [-0.1, -0.05) is 23.7 Å². The molecule has 142 valence electrons. The predicted octanol–water partition coefficient (Wildman–Crippen LogP) is 4.84. The second kappa shape index (κ2) is 7.71. The summed E-state index contributed by atoms with van der Waals surface area (Å²) in [5.41, 5.74) is 0.0992. The van der Waals surface area contributed by atoms with Gasteiger partial charge >= 0.3 is 0 Å². The quantitative estimate of drug-likeness (QED) is 0.466. The smallest absolute Gasteiger partial charge is 0.277 e. The molecule has 0 aliphatic carbocycles. The fraction of sp³-hybridized carbons (Fsp3) is 0.0588. The summed E-state index contributed by atoms with van der Waals surface area (Å²) >= 11 is 7.20. The first-order valence-electron chi connectivity index (χ1n) is 7.73. The second-order valence-electron chi connectivity index (χ2n) is 5.64. The molecule has 1 aromatic heterocycles. The Kier molecular flexibility index (Phi) is 5.34. The summed E-state index contributed by atoms with van der Waals surface area (Å²) in [6, 6.07) is 9.80. The fourth-order valence-corrected chi connectivity index (χ4v) is 3.48. The van der Waals surface area contributed by atoms with Crippen molar-refractivity contribution < 1.29 is 14.6 Å². The number of nitro groups is 2. The molecule has 1 heterocycles. The van der Waals surface area contributed by atoms with Gasteiger partial charge in [0, 0.05) is 27.6 Å². The van der Waals surface area contributed by atoms with Gasteiger partial charge in [0.25, 0.3) is 17.3 Å². The second-order valence-corrected chi connectivity index (χ2v) is 7.28. The zero-order chi connectivity index (χ0) is 20.4. The minimum Gasteiger partial charge on any atom is -0.298 e. The van der Waals surface area contributed by atoms with E-state index < -0.39 is 27.1 Å². The number of benzene rings is 2. The molecule has 3 aromatic rings. The Labute approximate surface area is 166 Å². The normalized spacial score (nSPS) is 10.5. The number of nitrogens with one attached hydrogen (secondary N) is 1. The number of anilines is 1. The number of nitrogens with zero attached hydrogens (tertiary/aromatic N) is 3. The molecular weight excluding hydrogens is 408 g/mol. The van der Waals surface area contributed by atoms with Crippen molar-refractivity contribution in [3.8, 4) is 11.3 Å². The zero-order valence-corrected chi connectivity index (χ0v) is 15.8. The third-order valence-electron chi connectivity index (χ3n) is 3.70. The fourth-order valence-electron chi connectivity index (χ4n) is 2.46. The maximum Gasteiger partial charge on any atom is 0.277 e. The van der Waals surface area contributed by atoms with Crippen LogP contribution >= 0.6 is 22.9 Å². The van der Waals surface area contributed by atoms with Gasteiger partial charge in [-0.2, -0.15) is 0 Å². The van der Waals surface area contributed by atoms with Crippen LogP contribution in [0.15, 0.2) is 42.5 Å². The van der Waals surface area contributed by atoms with E-state index in [1.807, 2.05) is 13.0 Å². The first-order chi connectivity index (χ1) is 13.2. The summed E-state index contributed by atoms with van der Waals surface area (Å²) in [4.78, 5) is 38.0. The lowest BCUT2D eigenvalue weighted by molar-refractivity contribution is -0.394. The van der Waals surface area contributed by atoms with E-state index in [4.69, 9.17) is 11.6 Å². The largest absolute Gasteiger partial charge is 0.298 e. The molecule has 0 bridgehead atoms. The van der Waals surface area contributed by atoms with E-state index in [1.54, 1.807) is 18.2 Å². The number of rotatable bonds is 5. The van der Waals surface area contributed by atoms with Crippen LogP contribution in [0.5, 0.6) is 0 Å². The Morgan fingerprint density at radius 1 is 1.11 bits per heavy atom. The predicted molar refractivity (Wildman–Crippen MR) is 105 cm³/mol. The summed E-state index contributed by atoms with van der Waals surface area (Å²) in [6.07, 6.45) is 0. The maximum atomic E-state index is 12.5. The molecular formula is C17H11ClN4O5S. The summed E-state index contributed by atoms with van der Waals surface area (Å²) < 4.78 is 0. The number of carbonyl (C=O) groups excluding carboxylic acids is 1. The van der Waals surface area contributed by atoms with E-state index in [1.165, 1.54) is 11.3 Å². The highest BCUT2D eigenvalue weighted by atomic mass is 35.5. The molecule has 9 nitrogen and oxygen atoms in total. The number of thiazole rings is 1. The van der Waals surface area contributed by atoms with E-state index in [-0.39, 0.29) is 10.7 Å². The van der Waals surface area contributed by atoms with Crippen molar-refractivity contribution in [3.63, 3.8) is 0 Å². The van der Waals surface area contributed by atoms with Crippen LogP contribution in [0.4, 0.5) is 16.5 Å². The van der Waals surface area contributed by atoms with Crippen molar-refractivity contribution >= 4 is 45.4 Å². The van der Waals surface area contributed by atoms with Gasteiger partial charge in [0.2, 0.25) is 0 Å². The molecule has 1 N–H and O–H groups in total. The molecule has 2 aromatic carbocycles. The molecule has 0 atom stereocenters. The molecule has 0 spiro atoms. The highest BCUT2D eigenvalue weighted by Gasteiger charge is 2.21. The Hall–Kier alpha value is -3.37. The standard InChI is InChI=1S/C17H11ClN4O5S/c1-9-15(10-3-2-4-12(18)5-10)19-17(28-9)20-16(23)11-6-13(21(24)25)8-14(7-11)22(26)27/h2-8H,1H3,(H,19,20,23). The summed E-state index contributed by atoms with van der Waals surface area (Å²) in [5.74, 6) is -0.738. The van der Waals surface area contributed by atoms with Crippen LogP contribution in [0.2, 0.25) is 5.02 Å². The number of non-ortho nitro benzene ring substituents is 2. The van der Waals surface area contributed by atoms with Crippen LogP contribution in [0.3, 0.4) is 0 Å². The van der Waals surface area contributed by atoms with Crippen molar-refractivity contribution in [2.24, 2.45) is 0 Å². The lowest BCUT2D eigenvalue weighted by Gasteiger charge is -2.02.